The number of carbonyl (C=O) groups is 1. The largest absolute Gasteiger partial charge is 0.326 e. The van der Waals surface area contributed by atoms with Gasteiger partial charge in [0.25, 0.3) is 0 Å². The Labute approximate surface area is 110 Å². The van der Waals surface area contributed by atoms with Crippen molar-refractivity contribution in [3.63, 3.8) is 0 Å². The normalized spacial score (nSPS) is 9.60. The first kappa shape index (κ1) is 12.7. The van der Waals surface area contributed by atoms with E-state index in [-0.39, 0.29) is 5.91 Å². The molecule has 0 heterocycles. The lowest BCUT2D eigenvalue weighted by atomic mass is 10.2. The molecule has 0 unspecified atom stereocenters. The van der Waals surface area contributed by atoms with Crippen molar-refractivity contribution >= 4 is 61.1 Å². The monoisotopic (exact) mass is 351 g/mol. The van der Waals surface area contributed by atoms with Gasteiger partial charge in [0.15, 0.2) is 0 Å². The van der Waals surface area contributed by atoms with Crippen LogP contribution in [-0.2, 0) is 4.79 Å². The topological polar surface area (TPSA) is 29.1 Å². The Morgan fingerprint density at radius 1 is 1.47 bits per heavy atom. The van der Waals surface area contributed by atoms with Gasteiger partial charge >= 0.3 is 0 Å². The van der Waals surface area contributed by atoms with Crippen LogP contribution in [0.5, 0.6) is 0 Å². The minimum atomic E-state index is -0.113. The molecule has 0 radical (unpaired) electrons. The number of hydrogen-bond acceptors (Lipinski definition) is 1. The summed E-state index contributed by atoms with van der Waals surface area (Å²) in [4.78, 5) is 10.9. The average Bonchev–Trinajstić information content (AvgIpc) is 2.08. The fraction of sp³-hybridized carbons (Fsp3) is 0.100. The van der Waals surface area contributed by atoms with Gasteiger partial charge in [-0.1, -0.05) is 11.6 Å². The van der Waals surface area contributed by atoms with Gasteiger partial charge in [0, 0.05) is 23.2 Å². The molecule has 0 aromatic heterocycles. The quantitative estimate of drug-likeness (QED) is 0.840. The Kier molecular flexibility index (Phi) is 4.83. The van der Waals surface area contributed by atoms with Gasteiger partial charge in [-0.15, -0.1) is 0 Å². The van der Waals surface area contributed by atoms with Gasteiger partial charge in [-0.05, 0) is 56.1 Å². The third-order valence-corrected chi connectivity index (χ3v) is 2.28. The van der Waals surface area contributed by atoms with E-state index in [1.807, 2.05) is 6.08 Å². The van der Waals surface area contributed by atoms with E-state index in [2.05, 4.69) is 37.2 Å². The third kappa shape index (κ3) is 4.36. The number of nitrogens with one attached hydrogen (secondary N) is 1. The van der Waals surface area contributed by atoms with E-state index in [1.54, 1.807) is 18.2 Å². The fourth-order valence-corrected chi connectivity index (χ4v) is 1.75. The van der Waals surface area contributed by atoms with Gasteiger partial charge in [0.05, 0.1) is 3.39 Å². The van der Waals surface area contributed by atoms with Crippen molar-refractivity contribution in [1.82, 2.24) is 0 Å². The summed E-state index contributed by atoms with van der Waals surface area (Å²) >= 11 is 12.4. The molecule has 0 aliphatic carbocycles. The molecule has 0 bridgehead atoms. The van der Waals surface area contributed by atoms with Gasteiger partial charge in [-0.3, -0.25) is 4.79 Å². The van der Waals surface area contributed by atoms with Crippen molar-refractivity contribution in [2.75, 3.05) is 5.32 Å². The summed E-state index contributed by atoms with van der Waals surface area (Å²) in [6, 6.07) is 5.26. The smallest absolute Gasteiger partial charge is 0.221 e. The van der Waals surface area contributed by atoms with Gasteiger partial charge in [-0.25, -0.2) is 0 Å². The molecule has 1 aromatic rings. The first-order valence-electron chi connectivity index (χ1n) is 4.09. The van der Waals surface area contributed by atoms with Crippen LogP contribution in [0.4, 0.5) is 5.69 Å². The van der Waals surface area contributed by atoms with Crippen LogP contribution in [-0.4, -0.2) is 5.91 Å². The zero-order valence-electron chi connectivity index (χ0n) is 7.85. The van der Waals surface area contributed by atoms with Crippen LogP contribution in [0.2, 0.25) is 5.02 Å². The molecule has 0 saturated heterocycles. The lowest BCUT2D eigenvalue weighted by Gasteiger charge is -2.07. The number of rotatable bonds is 2. The molecule has 5 heteroatoms. The predicted molar refractivity (Wildman–Crippen MR) is 71.6 cm³/mol. The van der Waals surface area contributed by atoms with Crippen LogP contribution in [0.15, 0.2) is 21.6 Å². The lowest BCUT2D eigenvalue weighted by molar-refractivity contribution is -0.114. The molecule has 2 nitrogen and oxygen atoms in total. The molecule has 0 aliphatic heterocycles. The highest BCUT2D eigenvalue weighted by atomic mass is 79.9. The van der Waals surface area contributed by atoms with Crippen LogP contribution in [0.3, 0.4) is 0 Å². The highest BCUT2D eigenvalue weighted by Gasteiger charge is 2.03. The first-order chi connectivity index (χ1) is 6.99. The number of benzene rings is 1. The van der Waals surface area contributed by atoms with Crippen molar-refractivity contribution in [3.05, 3.63) is 32.2 Å². The van der Waals surface area contributed by atoms with Crippen molar-refractivity contribution in [2.45, 2.75) is 6.92 Å². The molecule has 1 N–H and O–H groups in total. The SMILES string of the molecule is CC(=O)Nc1ccc(Cl)cc1C=C(Br)Br. The zero-order chi connectivity index (χ0) is 11.4. The van der Waals surface area contributed by atoms with E-state index in [9.17, 15) is 4.79 Å². The maximum Gasteiger partial charge on any atom is 0.221 e. The number of anilines is 1. The van der Waals surface area contributed by atoms with Crippen LogP contribution in [0.25, 0.3) is 6.08 Å². The minimum absolute atomic E-state index is 0.113. The molecule has 0 saturated carbocycles. The van der Waals surface area contributed by atoms with Crippen LogP contribution in [0, 0.1) is 0 Å². The third-order valence-electron chi connectivity index (χ3n) is 1.59. The Bertz CT molecular complexity index is 414. The molecule has 0 spiro atoms. The van der Waals surface area contributed by atoms with E-state index in [0.29, 0.717) is 5.02 Å². The van der Waals surface area contributed by atoms with Gasteiger partial charge in [0.2, 0.25) is 5.91 Å². The lowest BCUT2D eigenvalue weighted by Crippen LogP contribution is -2.06. The molecular weight excluding hydrogens is 345 g/mol. The minimum Gasteiger partial charge on any atom is -0.326 e. The summed E-state index contributed by atoms with van der Waals surface area (Å²) in [5.74, 6) is -0.113. The molecule has 1 rings (SSSR count). The Morgan fingerprint density at radius 3 is 2.67 bits per heavy atom. The van der Waals surface area contributed by atoms with Gasteiger partial charge in [-0.2, -0.15) is 0 Å². The molecule has 80 valence electrons. The van der Waals surface area contributed by atoms with Crippen LogP contribution >= 0.6 is 43.5 Å². The molecule has 0 fully saturated rings. The molecule has 15 heavy (non-hydrogen) atoms. The summed E-state index contributed by atoms with van der Waals surface area (Å²) in [7, 11) is 0. The second kappa shape index (κ2) is 5.68. The standard InChI is InChI=1S/C10H8Br2ClNO/c1-6(15)14-9-3-2-8(13)4-7(9)5-10(11)12/h2-5H,1H3,(H,14,15). The maximum absolute atomic E-state index is 10.9. The summed E-state index contributed by atoms with van der Waals surface area (Å²) in [5, 5.41) is 3.34. The van der Waals surface area contributed by atoms with E-state index >= 15 is 0 Å². The van der Waals surface area contributed by atoms with E-state index in [0.717, 1.165) is 14.6 Å². The van der Waals surface area contributed by atoms with Crippen molar-refractivity contribution in [2.24, 2.45) is 0 Å². The second-order valence-electron chi connectivity index (χ2n) is 2.85. The van der Waals surface area contributed by atoms with Crippen LogP contribution < -0.4 is 5.32 Å². The van der Waals surface area contributed by atoms with Crippen molar-refractivity contribution in [1.29, 1.82) is 0 Å². The number of amides is 1. The summed E-state index contributed by atoms with van der Waals surface area (Å²) in [5.41, 5.74) is 1.56. The molecule has 1 amide bonds. The van der Waals surface area contributed by atoms with E-state index in [1.165, 1.54) is 6.92 Å². The van der Waals surface area contributed by atoms with Crippen LogP contribution in [0.1, 0.15) is 12.5 Å². The summed E-state index contributed by atoms with van der Waals surface area (Å²) in [6.07, 6.45) is 1.82. The zero-order valence-corrected chi connectivity index (χ0v) is 11.8. The van der Waals surface area contributed by atoms with E-state index < -0.39 is 0 Å². The highest BCUT2D eigenvalue weighted by Crippen LogP contribution is 2.26. The fourth-order valence-electron chi connectivity index (χ4n) is 1.07. The molecule has 0 aliphatic rings. The van der Waals surface area contributed by atoms with Gasteiger partial charge in [0.1, 0.15) is 0 Å². The first-order valence-corrected chi connectivity index (χ1v) is 6.05. The predicted octanol–water partition coefficient (Wildman–Crippen LogP) is 4.39. The summed E-state index contributed by atoms with van der Waals surface area (Å²) in [6.45, 7) is 1.46. The molecule has 1 aromatic carbocycles. The van der Waals surface area contributed by atoms with Crippen molar-refractivity contribution < 1.29 is 4.79 Å². The Hall–Kier alpha value is -0.320. The van der Waals surface area contributed by atoms with Gasteiger partial charge < -0.3 is 5.32 Å². The summed E-state index contributed by atoms with van der Waals surface area (Å²) < 4.78 is 0.781. The molecule has 0 atom stereocenters. The Morgan fingerprint density at radius 2 is 2.13 bits per heavy atom. The average molecular weight is 353 g/mol. The molecular formula is C10H8Br2ClNO. The second-order valence-corrected chi connectivity index (χ2v) is 6.06. The number of carbonyl (C=O) groups excluding carboxylic acids is 1. The maximum atomic E-state index is 10.9. The van der Waals surface area contributed by atoms with E-state index in [4.69, 9.17) is 11.6 Å². The Balaban J connectivity index is 3.14. The number of halogens is 3. The number of hydrogen-bond donors (Lipinski definition) is 1. The van der Waals surface area contributed by atoms with Crippen molar-refractivity contribution in [3.8, 4) is 0 Å². The highest BCUT2D eigenvalue weighted by molar-refractivity contribution is 9.28.